The first-order valence-electron chi connectivity index (χ1n) is 7.40. The Bertz CT molecular complexity index is 849. The lowest BCUT2D eigenvalue weighted by Crippen LogP contribution is -2.27. The summed E-state index contributed by atoms with van der Waals surface area (Å²) in [6.45, 7) is 0.660. The number of benzene rings is 2. The smallest absolute Gasteiger partial charge is 0.266 e. The first-order chi connectivity index (χ1) is 11.7. The quantitative estimate of drug-likeness (QED) is 0.618. The summed E-state index contributed by atoms with van der Waals surface area (Å²) in [7, 11) is 0. The Morgan fingerprint density at radius 2 is 1.92 bits per heavy atom. The first-order valence-corrected chi connectivity index (χ1v) is 8.62. The molecule has 1 fully saturated rings. The first kappa shape index (κ1) is 15.2. The molecular formula is C18H13NO3S2. The minimum absolute atomic E-state index is 0.0634. The second kappa shape index (κ2) is 6.30. The summed E-state index contributed by atoms with van der Waals surface area (Å²) in [6, 6.07) is 15.4. The van der Waals surface area contributed by atoms with Crippen LogP contribution in [0.2, 0.25) is 0 Å². The highest BCUT2D eigenvalue weighted by molar-refractivity contribution is 8.26. The third-order valence-corrected chi connectivity index (χ3v) is 5.13. The van der Waals surface area contributed by atoms with Crippen molar-refractivity contribution in [1.29, 1.82) is 0 Å². The van der Waals surface area contributed by atoms with Crippen molar-refractivity contribution in [2.45, 2.75) is 6.54 Å². The fourth-order valence-corrected chi connectivity index (χ4v) is 3.81. The standard InChI is InChI=1S/C18H13NO3S2/c20-17-16(9-12-4-2-1-3-5-12)24-18(23)19(17)10-13-6-7-14-15(8-13)22-11-21-14/h1-9H,10-11H2/b16-9-. The van der Waals surface area contributed by atoms with Crippen LogP contribution in [0.25, 0.3) is 6.08 Å². The number of hydrogen-bond donors (Lipinski definition) is 0. The molecule has 6 heteroatoms. The van der Waals surface area contributed by atoms with Gasteiger partial charge in [-0.15, -0.1) is 0 Å². The molecule has 0 atom stereocenters. The second-order valence-electron chi connectivity index (χ2n) is 5.37. The zero-order valence-corrected chi connectivity index (χ0v) is 14.2. The molecule has 2 aliphatic heterocycles. The van der Waals surface area contributed by atoms with Crippen molar-refractivity contribution in [1.82, 2.24) is 4.90 Å². The normalized spacial score (nSPS) is 17.8. The van der Waals surface area contributed by atoms with Crippen LogP contribution in [0.1, 0.15) is 11.1 Å². The molecular weight excluding hydrogens is 342 g/mol. The maximum atomic E-state index is 12.7. The Morgan fingerprint density at radius 1 is 1.12 bits per heavy atom. The number of rotatable bonds is 3. The zero-order valence-electron chi connectivity index (χ0n) is 12.6. The van der Waals surface area contributed by atoms with E-state index in [2.05, 4.69) is 0 Å². The molecule has 24 heavy (non-hydrogen) atoms. The van der Waals surface area contributed by atoms with Crippen molar-refractivity contribution >= 4 is 40.3 Å². The minimum Gasteiger partial charge on any atom is -0.454 e. The fourth-order valence-electron chi connectivity index (χ4n) is 2.56. The van der Waals surface area contributed by atoms with E-state index in [4.69, 9.17) is 21.7 Å². The summed E-state index contributed by atoms with van der Waals surface area (Å²) in [4.78, 5) is 14.9. The number of nitrogens with zero attached hydrogens (tertiary/aromatic N) is 1. The van der Waals surface area contributed by atoms with Gasteiger partial charge in [-0.25, -0.2) is 0 Å². The van der Waals surface area contributed by atoms with Gasteiger partial charge >= 0.3 is 0 Å². The zero-order chi connectivity index (χ0) is 16.5. The lowest BCUT2D eigenvalue weighted by Gasteiger charge is -2.14. The van der Waals surface area contributed by atoms with E-state index in [0.717, 1.165) is 16.9 Å². The van der Waals surface area contributed by atoms with Crippen LogP contribution in [0, 0.1) is 0 Å². The van der Waals surface area contributed by atoms with Gasteiger partial charge in [0.05, 0.1) is 11.4 Å². The van der Waals surface area contributed by atoms with Gasteiger partial charge in [-0.3, -0.25) is 9.69 Å². The number of carbonyl (C=O) groups is 1. The lowest BCUT2D eigenvalue weighted by molar-refractivity contribution is -0.122. The van der Waals surface area contributed by atoms with Gasteiger partial charge in [0.15, 0.2) is 11.5 Å². The molecule has 2 aromatic rings. The fraction of sp³-hybridized carbons (Fsp3) is 0.111. The van der Waals surface area contributed by atoms with E-state index < -0.39 is 0 Å². The molecule has 0 aliphatic carbocycles. The highest BCUT2D eigenvalue weighted by Crippen LogP contribution is 2.36. The Morgan fingerprint density at radius 3 is 2.75 bits per heavy atom. The van der Waals surface area contributed by atoms with Crippen molar-refractivity contribution < 1.29 is 14.3 Å². The monoisotopic (exact) mass is 355 g/mol. The summed E-state index contributed by atoms with van der Waals surface area (Å²) < 4.78 is 11.3. The number of amides is 1. The Kier molecular flexibility index (Phi) is 4.00. The van der Waals surface area contributed by atoms with E-state index in [9.17, 15) is 4.79 Å². The van der Waals surface area contributed by atoms with E-state index in [1.54, 1.807) is 4.90 Å². The molecule has 0 N–H and O–H groups in total. The summed E-state index contributed by atoms with van der Waals surface area (Å²) >= 11 is 6.71. The van der Waals surface area contributed by atoms with Crippen LogP contribution < -0.4 is 9.47 Å². The van der Waals surface area contributed by atoms with Crippen LogP contribution in [0.15, 0.2) is 53.4 Å². The van der Waals surface area contributed by atoms with Crippen LogP contribution in [0.5, 0.6) is 11.5 Å². The van der Waals surface area contributed by atoms with Gasteiger partial charge in [0, 0.05) is 0 Å². The van der Waals surface area contributed by atoms with Gasteiger partial charge in [-0.1, -0.05) is 60.4 Å². The largest absolute Gasteiger partial charge is 0.454 e. The molecule has 2 heterocycles. The SMILES string of the molecule is O=C1/C(=C/c2ccccc2)SC(=S)N1Cc1ccc2c(c1)OCO2. The number of thioether (sulfide) groups is 1. The molecule has 0 radical (unpaired) electrons. The predicted octanol–water partition coefficient (Wildman–Crippen LogP) is 3.82. The molecule has 0 spiro atoms. The number of thiocarbonyl (C=S) groups is 1. The van der Waals surface area contributed by atoms with Crippen molar-refractivity contribution in [3.05, 3.63) is 64.6 Å². The van der Waals surface area contributed by atoms with Gasteiger partial charge in [-0.2, -0.15) is 0 Å². The molecule has 1 amide bonds. The Balaban J connectivity index is 1.55. The van der Waals surface area contributed by atoms with E-state index >= 15 is 0 Å². The average molecular weight is 355 g/mol. The molecule has 0 unspecified atom stereocenters. The summed E-state index contributed by atoms with van der Waals surface area (Å²) in [5.74, 6) is 1.37. The number of fused-ring (bicyclic) bond motifs is 1. The van der Waals surface area contributed by atoms with Crippen LogP contribution in [0.4, 0.5) is 0 Å². The van der Waals surface area contributed by atoms with Crippen molar-refractivity contribution in [2.24, 2.45) is 0 Å². The molecule has 4 rings (SSSR count). The molecule has 120 valence electrons. The Hall–Kier alpha value is -2.31. The number of ether oxygens (including phenoxy) is 2. The van der Waals surface area contributed by atoms with Gasteiger partial charge < -0.3 is 9.47 Å². The number of carbonyl (C=O) groups excluding carboxylic acids is 1. The van der Waals surface area contributed by atoms with Crippen molar-refractivity contribution in [2.75, 3.05) is 6.79 Å². The molecule has 4 nitrogen and oxygen atoms in total. The second-order valence-corrected chi connectivity index (χ2v) is 7.04. The maximum absolute atomic E-state index is 12.7. The third kappa shape index (κ3) is 2.90. The minimum atomic E-state index is -0.0634. The highest BCUT2D eigenvalue weighted by Gasteiger charge is 2.32. The lowest BCUT2D eigenvalue weighted by atomic mass is 10.2. The summed E-state index contributed by atoms with van der Waals surface area (Å²) in [5.41, 5.74) is 1.94. The molecule has 0 saturated carbocycles. The van der Waals surface area contributed by atoms with E-state index in [0.29, 0.717) is 21.5 Å². The van der Waals surface area contributed by atoms with Crippen LogP contribution >= 0.6 is 24.0 Å². The third-order valence-electron chi connectivity index (χ3n) is 3.75. The Labute approximate surface area is 149 Å². The van der Waals surface area contributed by atoms with Gasteiger partial charge in [0.25, 0.3) is 5.91 Å². The summed E-state index contributed by atoms with van der Waals surface area (Å²) in [5, 5.41) is 0. The van der Waals surface area contributed by atoms with Crippen LogP contribution in [0.3, 0.4) is 0 Å². The molecule has 0 aromatic heterocycles. The van der Waals surface area contributed by atoms with Gasteiger partial charge in [0.1, 0.15) is 4.32 Å². The van der Waals surface area contributed by atoms with Crippen LogP contribution in [-0.4, -0.2) is 21.9 Å². The van der Waals surface area contributed by atoms with E-state index in [-0.39, 0.29) is 12.7 Å². The van der Waals surface area contributed by atoms with Crippen LogP contribution in [-0.2, 0) is 11.3 Å². The van der Waals surface area contributed by atoms with Crippen molar-refractivity contribution in [3.63, 3.8) is 0 Å². The molecule has 0 bridgehead atoms. The maximum Gasteiger partial charge on any atom is 0.266 e. The molecule has 2 aliphatic rings. The molecule has 1 saturated heterocycles. The summed E-state index contributed by atoms with van der Waals surface area (Å²) in [6.07, 6.45) is 1.87. The van der Waals surface area contributed by atoms with Gasteiger partial charge in [0.2, 0.25) is 6.79 Å². The predicted molar refractivity (Wildman–Crippen MR) is 97.7 cm³/mol. The number of hydrogen-bond acceptors (Lipinski definition) is 5. The molecule has 2 aromatic carbocycles. The topological polar surface area (TPSA) is 38.8 Å². The average Bonchev–Trinajstić information content (AvgIpc) is 3.16. The van der Waals surface area contributed by atoms with E-state index in [1.807, 2.05) is 54.6 Å². The van der Waals surface area contributed by atoms with Crippen molar-refractivity contribution in [3.8, 4) is 11.5 Å². The van der Waals surface area contributed by atoms with E-state index in [1.165, 1.54) is 11.8 Å². The van der Waals surface area contributed by atoms with Gasteiger partial charge in [-0.05, 0) is 29.3 Å². The highest BCUT2D eigenvalue weighted by atomic mass is 32.2.